The molecule has 3 aromatic rings. The van der Waals surface area contributed by atoms with Crippen molar-refractivity contribution in [2.24, 2.45) is 5.92 Å². The van der Waals surface area contributed by atoms with E-state index in [2.05, 4.69) is 5.10 Å². The predicted octanol–water partition coefficient (Wildman–Crippen LogP) is 2.61. The van der Waals surface area contributed by atoms with Gasteiger partial charge in [0.1, 0.15) is 5.82 Å². The monoisotopic (exact) mass is 508 g/mol. The molecule has 194 valence electrons. The number of hydrogen-bond donors (Lipinski definition) is 0. The minimum Gasteiger partial charge on any atom is -0.466 e. The molecule has 1 aliphatic heterocycles. The molecule has 2 aromatic carbocycles. The number of piperidine rings is 1. The molecule has 0 saturated carbocycles. The number of halogens is 1. The van der Waals surface area contributed by atoms with Crippen molar-refractivity contribution >= 4 is 11.9 Å². The first-order valence-electron chi connectivity index (χ1n) is 12.2. The van der Waals surface area contributed by atoms with Crippen molar-refractivity contribution in [3.05, 3.63) is 91.5 Å². The van der Waals surface area contributed by atoms with Gasteiger partial charge in [-0.1, -0.05) is 24.3 Å². The fraction of sp³-hybridized carbons (Fsp3) is 0.370. The molecule has 4 rings (SSSR count). The third-order valence-electron chi connectivity index (χ3n) is 6.61. The standard InChI is InChI=1S/C27H29FN4O5/c1-4-37-26(35)20-9-7-13-30(15-20)24(33)23-25(34)31(16-19-8-5-6-10-22(19)28)27(36)32(29-23)21-12-11-17(2)18(3)14-21/h5-6,8,10-12,14,20H,4,7,9,13,15-16H2,1-3H3. The number of carbonyl (C=O) groups is 2. The van der Waals surface area contributed by atoms with Gasteiger partial charge in [-0.2, -0.15) is 9.78 Å². The molecule has 1 saturated heterocycles. The Hall–Kier alpha value is -4.08. The molecule has 0 bridgehead atoms. The van der Waals surface area contributed by atoms with Gasteiger partial charge in [0.2, 0.25) is 5.69 Å². The molecule has 1 aromatic heterocycles. The van der Waals surface area contributed by atoms with E-state index in [1.807, 2.05) is 13.8 Å². The van der Waals surface area contributed by atoms with Crippen LogP contribution >= 0.6 is 0 Å². The van der Waals surface area contributed by atoms with Gasteiger partial charge in [0.15, 0.2) is 0 Å². The summed E-state index contributed by atoms with van der Waals surface area (Å²) in [6.07, 6.45) is 1.12. The molecule has 10 heteroatoms. The van der Waals surface area contributed by atoms with Crippen LogP contribution in [0.3, 0.4) is 0 Å². The molecule has 1 fully saturated rings. The van der Waals surface area contributed by atoms with Crippen LogP contribution in [0.25, 0.3) is 5.69 Å². The van der Waals surface area contributed by atoms with Gasteiger partial charge in [-0.05, 0) is 62.9 Å². The molecule has 0 aliphatic carbocycles. The molecule has 1 amide bonds. The minimum atomic E-state index is -0.920. The molecular weight excluding hydrogens is 479 g/mol. The zero-order valence-electron chi connectivity index (χ0n) is 21.1. The third-order valence-corrected chi connectivity index (χ3v) is 6.61. The Kier molecular flexibility index (Phi) is 7.66. The number of hydrogen-bond acceptors (Lipinski definition) is 6. The topological polar surface area (TPSA) is 104 Å². The number of aromatic nitrogens is 3. The lowest BCUT2D eigenvalue weighted by Crippen LogP contribution is -2.49. The Morgan fingerprint density at radius 3 is 2.57 bits per heavy atom. The van der Waals surface area contributed by atoms with Gasteiger partial charge >= 0.3 is 11.7 Å². The number of amides is 1. The summed E-state index contributed by atoms with van der Waals surface area (Å²) >= 11 is 0. The summed E-state index contributed by atoms with van der Waals surface area (Å²) in [5, 5.41) is 4.19. The van der Waals surface area contributed by atoms with E-state index in [0.717, 1.165) is 20.4 Å². The van der Waals surface area contributed by atoms with E-state index in [0.29, 0.717) is 25.1 Å². The Morgan fingerprint density at radius 2 is 1.86 bits per heavy atom. The van der Waals surface area contributed by atoms with Gasteiger partial charge < -0.3 is 9.64 Å². The van der Waals surface area contributed by atoms with Crippen molar-refractivity contribution in [2.45, 2.75) is 40.2 Å². The highest BCUT2D eigenvalue weighted by atomic mass is 19.1. The molecule has 37 heavy (non-hydrogen) atoms. The summed E-state index contributed by atoms with van der Waals surface area (Å²) in [5.74, 6) is -2.18. The van der Waals surface area contributed by atoms with Crippen molar-refractivity contribution in [2.75, 3.05) is 19.7 Å². The summed E-state index contributed by atoms with van der Waals surface area (Å²) in [6.45, 7) is 5.76. The third kappa shape index (κ3) is 5.37. The number of likely N-dealkylation sites (tertiary alicyclic amines) is 1. The second kappa shape index (κ2) is 10.9. The predicted molar refractivity (Wildman–Crippen MR) is 134 cm³/mol. The average molecular weight is 509 g/mol. The van der Waals surface area contributed by atoms with Crippen molar-refractivity contribution in [3.63, 3.8) is 0 Å². The van der Waals surface area contributed by atoms with Crippen molar-refractivity contribution < 1.29 is 18.7 Å². The molecule has 0 N–H and O–H groups in total. The van der Waals surface area contributed by atoms with Crippen molar-refractivity contribution in [1.29, 1.82) is 0 Å². The lowest BCUT2D eigenvalue weighted by molar-refractivity contribution is -0.149. The summed E-state index contributed by atoms with van der Waals surface area (Å²) < 4.78 is 21.4. The van der Waals surface area contributed by atoms with E-state index in [1.165, 1.54) is 23.1 Å². The van der Waals surface area contributed by atoms with Gasteiger partial charge in [-0.25, -0.2) is 9.18 Å². The first-order chi connectivity index (χ1) is 17.7. The Morgan fingerprint density at radius 1 is 1.11 bits per heavy atom. The molecule has 0 radical (unpaired) electrons. The van der Waals surface area contributed by atoms with Gasteiger partial charge in [0, 0.05) is 18.7 Å². The highest BCUT2D eigenvalue weighted by Gasteiger charge is 2.32. The van der Waals surface area contributed by atoms with E-state index in [9.17, 15) is 23.6 Å². The van der Waals surface area contributed by atoms with Crippen LogP contribution in [0.2, 0.25) is 0 Å². The van der Waals surface area contributed by atoms with Gasteiger partial charge in [0.05, 0.1) is 24.8 Å². The first-order valence-corrected chi connectivity index (χ1v) is 12.2. The zero-order valence-corrected chi connectivity index (χ0v) is 21.1. The normalized spacial score (nSPS) is 15.5. The van der Waals surface area contributed by atoms with E-state index in [-0.39, 0.29) is 25.3 Å². The highest BCUT2D eigenvalue weighted by molar-refractivity contribution is 5.92. The molecule has 2 heterocycles. The maximum atomic E-state index is 14.4. The number of aryl methyl sites for hydroxylation is 2. The van der Waals surface area contributed by atoms with Gasteiger partial charge in [-0.15, -0.1) is 0 Å². The number of esters is 1. The Bertz CT molecular complexity index is 1460. The van der Waals surface area contributed by atoms with Gasteiger partial charge in [-0.3, -0.25) is 19.0 Å². The number of ether oxygens (including phenoxy) is 1. The second-order valence-corrected chi connectivity index (χ2v) is 9.14. The second-order valence-electron chi connectivity index (χ2n) is 9.14. The first kappa shape index (κ1) is 26.0. The lowest BCUT2D eigenvalue weighted by Gasteiger charge is -2.31. The average Bonchev–Trinajstić information content (AvgIpc) is 2.89. The van der Waals surface area contributed by atoms with E-state index >= 15 is 0 Å². The zero-order chi connectivity index (χ0) is 26.7. The van der Waals surface area contributed by atoms with Crippen LogP contribution in [0.5, 0.6) is 0 Å². The molecule has 1 unspecified atom stereocenters. The molecule has 9 nitrogen and oxygen atoms in total. The molecule has 1 atom stereocenters. The summed E-state index contributed by atoms with van der Waals surface area (Å²) in [5.41, 5.74) is 0.183. The van der Waals surface area contributed by atoms with Crippen LogP contribution in [0.1, 0.15) is 46.9 Å². The van der Waals surface area contributed by atoms with E-state index in [4.69, 9.17) is 4.74 Å². The van der Waals surface area contributed by atoms with Crippen molar-refractivity contribution in [1.82, 2.24) is 19.2 Å². The number of benzene rings is 2. The molecular formula is C27H29FN4O5. The number of nitrogens with zero attached hydrogens (tertiary/aromatic N) is 4. The van der Waals surface area contributed by atoms with Gasteiger partial charge in [0.25, 0.3) is 11.5 Å². The lowest BCUT2D eigenvalue weighted by atomic mass is 9.98. The van der Waals surface area contributed by atoms with E-state index in [1.54, 1.807) is 31.2 Å². The van der Waals surface area contributed by atoms with E-state index < -0.39 is 40.6 Å². The fourth-order valence-electron chi connectivity index (χ4n) is 4.37. The highest BCUT2D eigenvalue weighted by Crippen LogP contribution is 2.19. The summed E-state index contributed by atoms with van der Waals surface area (Å²) in [4.78, 5) is 54.1. The number of carbonyl (C=O) groups excluding carboxylic acids is 2. The Balaban J connectivity index is 1.82. The molecule has 0 spiro atoms. The van der Waals surface area contributed by atoms with Crippen LogP contribution < -0.4 is 11.2 Å². The SMILES string of the molecule is CCOC(=O)C1CCCN(C(=O)c2nn(-c3ccc(C)c(C)c3)c(=O)n(Cc3ccccc3F)c2=O)C1. The largest absolute Gasteiger partial charge is 0.466 e. The maximum Gasteiger partial charge on any atom is 0.352 e. The van der Waals surface area contributed by atoms with Crippen LogP contribution in [0.4, 0.5) is 4.39 Å². The number of rotatable bonds is 6. The van der Waals surface area contributed by atoms with Crippen LogP contribution in [-0.2, 0) is 16.1 Å². The maximum absolute atomic E-state index is 14.4. The van der Waals surface area contributed by atoms with Crippen LogP contribution in [-0.4, -0.2) is 50.8 Å². The van der Waals surface area contributed by atoms with Crippen molar-refractivity contribution in [3.8, 4) is 5.69 Å². The van der Waals surface area contributed by atoms with Crippen LogP contribution in [0, 0.1) is 25.6 Å². The fourth-order valence-corrected chi connectivity index (χ4v) is 4.37. The minimum absolute atomic E-state index is 0.0782. The smallest absolute Gasteiger partial charge is 0.352 e. The molecule has 1 aliphatic rings. The summed E-state index contributed by atoms with van der Waals surface area (Å²) in [6, 6.07) is 11.0. The van der Waals surface area contributed by atoms with Crippen LogP contribution in [0.15, 0.2) is 52.1 Å². The Labute approximate surface area is 213 Å². The summed E-state index contributed by atoms with van der Waals surface area (Å²) in [7, 11) is 0. The quantitative estimate of drug-likeness (QED) is 0.474.